The van der Waals surface area contributed by atoms with Gasteiger partial charge in [-0.25, -0.2) is 9.79 Å². The Morgan fingerprint density at radius 2 is 1.81 bits per heavy atom. The van der Waals surface area contributed by atoms with Gasteiger partial charge in [-0.1, -0.05) is 59.9 Å². The Bertz CT molecular complexity index is 1870. The summed E-state index contributed by atoms with van der Waals surface area (Å²) in [5.41, 5.74) is 2.54. The normalized spacial score (nSPS) is 14.4. The van der Waals surface area contributed by atoms with Gasteiger partial charge in [0.2, 0.25) is 0 Å². The van der Waals surface area contributed by atoms with E-state index < -0.39 is 12.0 Å². The molecule has 10 heteroatoms. The summed E-state index contributed by atoms with van der Waals surface area (Å²) in [6, 6.07) is 22.9. The maximum absolute atomic E-state index is 14.0. The highest BCUT2D eigenvalue weighted by molar-refractivity contribution is 7.07. The fourth-order valence-electron chi connectivity index (χ4n) is 4.70. The van der Waals surface area contributed by atoms with Crippen LogP contribution in [0.5, 0.6) is 17.2 Å². The van der Waals surface area contributed by atoms with Gasteiger partial charge in [0.15, 0.2) is 22.9 Å². The van der Waals surface area contributed by atoms with Crippen LogP contribution >= 0.6 is 11.3 Å². The number of esters is 1. The minimum absolute atomic E-state index is 0.119. The van der Waals surface area contributed by atoms with Gasteiger partial charge < -0.3 is 18.9 Å². The molecule has 0 fully saturated rings. The molecular weight excluding hydrogens is 554 g/mol. The number of methoxy groups -OCH3 is 2. The molecule has 1 aliphatic rings. The van der Waals surface area contributed by atoms with Crippen molar-refractivity contribution in [2.45, 2.75) is 13.0 Å². The molecule has 1 aliphatic heterocycles. The molecule has 1 aromatic heterocycles. The summed E-state index contributed by atoms with van der Waals surface area (Å²) < 4.78 is 23.7. The van der Waals surface area contributed by atoms with Gasteiger partial charge >= 0.3 is 5.97 Å². The topological polar surface area (TPSA) is 112 Å². The number of rotatable bonds is 9. The van der Waals surface area contributed by atoms with Gasteiger partial charge in [0.05, 0.1) is 42.7 Å². The van der Waals surface area contributed by atoms with Crippen molar-refractivity contribution in [1.29, 1.82) is 5.26 Å². The molecule has 0 amide bonds. The summed E-state index contributed by atoms with van der Waals surface area (Å²) in [5.74, 6) is 0.947. The van der Waals surface area contributed by atoms with E-state index in [1.54, 1.807) is 55.0 Å². The Morgan fingerprint density at radius 1 is 1.05 bits per heavy atom. The second kappa shape index (κ2) is 12.6. The van der Waals surface area contributed by atoms with Crippen molar-refractivity contribution in [2.75, 3.05) is 27.4 Å². The molecule has 0 bridgehead atoms. The lowest BCUT2D eigenvalue weighted by Gasteiger charge is -2.26. The predicted octanol–water partition coefficient (Wildman–Crippen LogP) is 3.86. The highest BCUT2D eigenvalue weighted by Crippen LogP contribution is 2.35. The molecule has 0 aliphatic carbocycles. The molecule has 0 saturated carbocycles. The van der Waals surface area contributed by atoms with Crippen molar-refractivity contribution in [2.24, 2.45) is 4.99 Å². The van der Waals surface area contributed by atoms with Crippen LogP contribution in [0.25, 0.3) is 11.8 Å². The zero-order valence-electron chi connectivity index (χ0n) is 23.2. The van der Waals surface area contributed by atoms with E-state index in [9.17, 15) is 9.59 Å². The zero-order chi connectivity index (χ0) is 29.6. The van der Waals surface area contributed by atoms with E-state index in [1.807, 2.05) is 48.5 Å². The third-order valence-corrected chi connectivity index (χ3v) is 7.57. The van der Waals surface area contributed by atoms with Crippen LogP contribution < -0.4 is 29.1 Å². The number of benzene rings is 3. The maximum atomic E-state index is 14.0. The number of hydrogen-bond donors (Lipinski definition) is 0. The molecule has 0 spiro atoms. The Labute approximate surface area is 245 Å². The largest absolute Gasteiger partial charge is 0.497 e. The molecule has 212 valence electrons. The Kier molecular flexibility index (Phi) is 8.50. The first-order valence-corrected chi connectivity index (χ1v) is 13.9. The van der Waals surface area contributed by atoms with E-state index in [2.05, 4.69) is 0 Å². The summed E-state index contributed by atoms with van der Waals surface area (Å²) in [4.78, 5) is 32.9. The number of hydrogen-bond acceptors (Lipinski definition) is 9. The minimum atomic E-state index is -0.792. The van der Waals surface area contributed by atoms with Gasteiger partial charge in [0.1, 0.15) is 11.8 Å². The van der Waals surface area contributed by atoms with E-state index in [0.717, 1.165) is 5.56 Å². The number of fused-ring (bicyclic) bond motifs is 1. The first kappa shape index (κ1) is 28.4. The summed E-state index contributed by atoms with van der Waals surface area (Å²) in [5, 5.41) is 8.85. The van der Waals surface area contributed by atoms with Gasteiger partial charge in [0.25, 0.3) is 5.56 Å². The van der Waals surface area contributed by atoms with Crippen molar-refractivity contribution >= 4 is 29.1 Å². The van der Waals surface area contributed by atoms with Gasteiger partial charge in [-0.15, -0.1) is 0 Å². The molecule has 1 atom stereocenters. The molecule has 0 unspecified atom stereocenters. The van der Waals surface area contributed by atoms with E-state index in [0.29, 0.717) is 43.4 Å². The second-order valence-electron chi connectivity index (χ2n) is 9.06. The Hall–Kier alpha value is -5.14. The van der Waals surface area contributed by atoms with E-state index in [1.165, 1.54) is 18.4 Å². The fourth-order valence-corrected chi connectivity index (χ4v) is 5.70. The summed E-state index contributed by atoms with van der Waals surface area (Å²) >= 11 is 1.22. The smallest absolute Gasteiger partial charge is 0.338 e. The first-order valence-electron chi connectivity index (χ1n) is 13.1. The Balaban J connectivity index is 1.75. The zero-order valence-corrected chi connectivity index (χ0v) is 24.0. The molecule has 42 heavy (non-hydrogen) atoms. The molecule has 3 aromatic carbocycles. The first-order chi connectivity index (χ1) is 20.5. The van der Waals surface area contributed by atoms with Crippen LogP contribution in [0.15, 0.2) is 88.2 Å². The lowest BCUT2D eigenvalue weighted by atomic mass is 9.93. The molecule has 5 rings (SSSR count). The van der Waals surface area contributed by atoms with Crippen LogP contribution in [-0.4, -0.2) is 38.0 Å². The minimum Gasteiger partial charge on any atom is -0.497 e. The van der Waals surface area contributed by atoms with E-state index >= 15 is 0 Å². The van der Waals surface area contributed by atoms with Crippen LogP contribution in [0.3, 0.4) is 0 Å². The molecular formula is C32H27N3O6S. The number of carbonyl (C=O) groups is 1. The van der Waals surface area contributed by atoms with Gasteiger partial charge in [0, 0.05) is 5.56 Å². The van der Waals surface area contributed by atoms with Crippen LogP contribution in [-0.2, 0) is 9.53 Å². The molecule has 2 heterocycles. The third-order valence-electron chi connectivity index (χ3n) is 6.58. The number of thiazole rings is 1. The van der Waals surface area contributed by atoms with Crippen molar-refractivity contribution in [3.8, 4) is 23.3 Å². The van der Waals surface area contributed by atoms with Crippen molar-refractivity contribution in [3.63, 3.8) is 0 Å². The van der Waals surface area contributed by atoms with Crippen molar-refractivity contribution < 1.29 is 23.7 Å². The quantitative estimate of drug-likeness (QED) is 0.276. The van der Waals surface area contributed by atoms with Gasteiger partial charge in [-0.05, 0) is 48.4 Å². The monoisotopic (exact) mass is 581 g/mol. The van der Waals surface area contributed by atoms with Gasteiger partial charge in [-0.2, -0.15) is 5.26 Å². The number of nitrogens with zero attached hydrogens (tertiary/aromatic N) is 3. The standard InChI is InChI=1S/C32H27N3O6S/c1-4-40-31(37)27-28(21-8-6-5-7-9-21)34-32-35(29(27)22-11-13-23(38-2)14-12-22)30(36)26(42-32)19-20-10-15-24(41-17-16-33)25(18-20)39-3/h5-15,18-19,29H,4,17H2,1-3H3/b26-19-/t29-/m1/s1. The lowest BCUT2D eigenvalue weighted by molar-refractivity contribution is -0.138. The summed E-state index contributed by atoms with van der Waals surface area (Å²) in [7, 11) is 3.08. The molecule has 4 aromatic rings. The van der Waals surface area contributed by atoms with Crippen LogP contribution in [0.2, 0.25) is 0 Å². The molecule has 0 N–H and O–H groups in total. The van der Waals surface area contributed by atoms with E-state index in [4.69, 9.17) is 29.2 Å². The van der Waals surface area contributed by atoms with Gasteiger partial charge in [-0.3, -0.25) is 9.36 Å². The van der Waals surface area contributed by atoms with Crippen molar-refractivity contribution in [1.82, 2.24) is 4.57 Å². The Morgan fingerprint density at radius 3 is 2.48 bits per heavy atom. The van der Waals surface area contributed by atoms with Crippen LogP contribution in [0.1, 0.15) is 29.7 Å². The molecule has 9 nitrogen and oxygen atoms in total. The van der Waals surface area contributed by atoms with Crippen molar-refractivity contribution in [3.05, 3.63) is 115 Å². The summed E-state index contributed by atoms with van der Waals surface area (Å²) in [6.07, 6.45) is 1.74. The SMILES string of the molecule is CCOC(=O)C1=C(c2ccccc2)N=c2s/c(=C\c3ccc(OCC#N)c(OC)c3)c(=O)n2[C@@H]1c1ccc(OC)cc1. The second-order valence-corrected chi connectivity index (χ2v) is 10.1. The number of carbonyl (C=O) groups excluding carboxylic acids is 1. The van der Waals surface area contributed by atoms with Crippen LogP contribution in [0, 0.1) is 11.3 Å². The van der Waals surface area contributed by atoms with E-state index in [-0.39, 0.29) is 24.3 Å². The number of nitriles is 1. The molecule has 0 saturated heterocycles. The number of ether oxygens (including phenoxy) is 4. The maximum Gasteiger partial charge on any atom is 0.338 e. The highest BCUT2D eigenvalue weighted by atomic mass is 32.1. The number of aromatic nitrogens is 1. The average Bonchev–Trinajstić information content (AvgIpc) is 3.34. The fraction of sp³-hybridized carbons (Fsp3) is 0.188. The average molecular weight is 582 g/mol. The lowest BCUT2D eigenvalue weighted by Crippen LogP contribution is -2.40. The molecule has 0 radical (unpaired) electrons. The van der Waals surface area contributed by atoms with Crippen LogP contribution in [0.4, 0.5) is 0 Å². The highest BCUT2D eigenvalue weighted by Gasteiger charge is 2.35. The third kappa shape index (κ3) is 5.55. The summed E-state index contributed by atoms with van der Waals surface area (Å²) in [6.45, 7) is 1.79. The predicted molar refractivity (Wildman–Crippen MR) is 158 cm³/mol.